The first-order valence-electron chi connectivity index (χ1n) is 9.78. The molecule has 1 aliphatic rings. The number of para-hydroxylation sites is 1. The molecule has 0 unspecified atom stereocenters. The molecule has 29 heavy (non-hydrogen) atoms. The van der Waals surface area contributed by atoms with E-state index in [1.54, 1.807) is 0 Å². The average molecular weight is 379 g/mol. The van der Waals surface area contributed by atoms with E-state index >= 15 is 0 Å². The van der Waals surface area contributed by atoms with Crippen LogP contribution in [-0.2, 0) is 6.54 Å². The van der Waals surface area contributed by atoms with Gasteiger partial charge in [-0.1, -0.05) is 72.8 Å². The lowest BCUT2D eigenvalue weighted by atomic mass is 10.1. The lowest BCUT2D eigenvalue weighted by Crippen LogP contribution is -2.33. The molecule has 142 valence electrons. The van der Waals surface area contributed by atoms with E-state index in [0.717, 1.165) is 28.0 Å². The van der Waals surface area contributed by atoms with Crippen LogP contribution >= 0.6 is 0 Å². The van der Waals surface area contributed by atoms with Crippen molar-refractivity contribution < 1.29 is 4.79 Å². The first-order valence-corrected chi connectivity index (χ1v) is 9.78. The van der Waals surface area contributed by atoms with Crippen molar-refractivity contribution in [2.24, 2.45) is 0 Å². The molecule has 0 N–H and O–H groups in total. The molecule has 1 aliphatic heterocycles. The molecule has 1 atom stereocenters. The highest BCUT2D eigenvalue weighted by Gasteiger charge is 2.30. The fourth-order valence-electron chi connectivity index (χ4n) is 4.12. The van der Waals surface area contributed by atoms with E-state index in [2.05, 4.69) is 35.4 Å². The van der Waals surface area contributed by atoms with Crippen LogP contribution in [0.25, 0.3) is 22.4 Å². The molecule has 4 aromatic rings. The summed E-state index contributed by atoms with van der Waals surface area (Å²) in [7, 11) is 0. The minimum Gasteiger partial charge on any atom is -0.332 e. The Labute approximate surface area is 169 Å². The maximum atomic E-state index is 13.5. The zero-order valence-electron chi connectivity index (χ0n) is 16.0. The molecule has 4 nitrogen and oxygen atoms in total. The van der Waals surface area contributed by atoms with Gasteiger partial charge in [-0.2, -0.15) is 0 Å². The first-order chi connectivity index (χ1) is 14.3. The summed E-state index contributed by atoms with van der Waals surface area (Å²) in [6.07, 6.45) is 1.92. The van der Waals surface area contributed by atoms with Gasteiger partial charge in [0.05, 0.1) is 22.6 Å². The molecule has 3 aromatic carbocycles. The number of benzene rings is 3. The number of nitrogens with zero attached hydrogens (tertiary/aromatic N) is 3. The molecular formula is C25H21N3O. The normalized spacial score (nSPS) is 16.1. The summed E-state index contributed by atoms with van der Waals surface area (Å²) >= 11 is 0. The van der Waals surface area contributed by atoms with Gasteiger partial charge in [0, 0.05) is 18.7 Å². The van der Waals surface area contributed by atoms with Gasteiger partial charge in [0.2, 0.25) is 0 Å². The molecule has 0 radical (unpaired) electrons. The fourth-order valence-corrected chi connectivity index (χ4v) is 4.12. The number of aromatic nitrogens is 2. The fraction of sp³-hybridized carbons (Fsp3) is 0.120. The zero-order chi connectivity index (χ0) is 19.8. The third-order valence-electron chi connectivity index (χ3n) is 5.49. The quantitative estimate of drug-likeness (QED) is 0.464. The van der Waals surface area contributed by atoms with E-state index in [1.807, 2.05) is 65.6 Å². The van der Waals surface area contributed by atoms with Gasteiger partial charge < -0.3 is 9.47 Å². The standard InChI is InChI=1S/C25H21N3O/c1-2-20-17-27(16-18-10-5-3-6-11-18)25(29)21-14-9-15-22-23(21)28(20)24(26-22)19-12-7-4-8-13-19/h2-15,20H,1,16-17H2/t20-/m1/s1. The topological polar surface area (TPSA) is 38.1 Å². The van der Waals surface area contributed by atoms with Crippen LogP contribution in [0.1, 0.15) is 22.0 Å². The molecule has 0 saturated heterocycles. The maximum Gasteiger partial charge on any atom is 0.256 e. The summed E-state index contributed by atoms with van der Waals surface area (Å²) in [5.41, 5.74) is 4.56. The number of carbonyl (C=O) groups excluding carboxylic acids is 1. The number of imidazole rings is 1. The summed E-state index contributed by atoms with van der Waals surface area (Å²) in [4.78, 5) is 20.3. The predicted molar refractivity (Wildman–Crippen MR) is 116 cm³/mol. The lowest BCUT2D eigenvalue weighted by molar-refractivity contribution is 0.0738. The van der Waals surface area contributed by atoms with E-state index in [1.165, 1.54) is 0 Å². The summed E-state index contributed by atoms with van der Waals surface area (Å²) in [5.74, 6) is 0.900. The monoisotopic (exact) mass is 379 g/mol. The minimum atomic E-state index is -0.0634. The predicted octanol–water partition coefficient (Wildman–Crippen LogP) is 5.09. The third kappa shape index (κ3) is 2.93. The van der Waals surface area contributed by atoms with Crippen molar-refractivity contribution in [3.8, 4) is 11.4 Å². The van der Waals surface area contributed by atoms with Crippen molar-refractivity contribution in [2.45, 2.75) is 12.6 Å². The van der Waals surface area contributed by atoms with E-state index in [-0.39, 0.29) is 11.9 Å². The van der Waals surface area contributed by atoms with Crippen LogP contribution < -0.4 is 0 Å². The van der Waals surface area contributed by atoms with Crippen LogP contribution in [0.2, 0.25) is 0 Å². The Balaban J connectivity index is 1.69. The summed E-state index contributed by atoms with van der Waals surface area (Å²) < 4.78 is 2.18. The van der Waals surface area contributed by atoms with Gasteiger partial charge >= 0.3 is 0 Å². The van der Waals surface area contributed by atoms with E-state index in [9.17, 15) is 4.79 Å². The highest BCUT2D eigenvalue weighted by atomic mass is 16.2. The highest BCUT2D eigenvalue weighted by molar-refractivity contribution is 6.06. The highest BCUT2D eigenvalue weighted by Crippen LogP contribution is 2.34. The summed E-state index contributed by atoms with van der Waals surface area (Å²) in [6, 6.07) is 26.0. The molecule has 0 spiro atoms. The molecule has 0 saturated carbocycles. The number of rotatable bonds is 4. The Morgan fingerprint density at radius 1 is 0.966 bits per heavy atom. The number of hydrogen-bond acceptors (Lipinski definition) is 2. The Hall–Kier alpha value is -3.66. The largest absolute Gasteiger partial charge is 0.332 e. The van der Waals surface area contributed by atoms with Gasteiger partial charge in [0.1, 0.15) is 5.82 Å². The smallest absolute Gasteiger partial charge is 0.256 e. The van der Waals surface area contributed by atoms with Gasteiger partial charge in [-0.3, -0.25) is 4.79 Å². The molecule has 0 fully saturated rings. The van der Waals surface area contributed by atoms with Crippen LogP contribution in [0.4, 0.5) is 0 Å². The third-order valence-corrected chi connectivity index (χ3v) is 5.49. The van der Waals surface area contributed by atoms with E-state index < -0.39 is 0 Å². The Morgan fingerprint density at radius 3 is 2.41 bits per heavy atom. The number of carbonyl (C=O) groups is 1. The molecule has 4 heteroatoms. The lowest BCUT2D eigenvalue weighted by Gasteiger charge is -2.25. The van der Waals surface area contributed by atoms with Gasteiger partial charge in [-0.25, -0.2) is 4.98 Å². The SMILES string of the molecule is C=C[C@@H]1CN(Cc2ccccc2)C(=O)c2cccc3nc(-c4ccccc4)n1c23. The second-order valence-electron chi connectivity index (χ2n) is 7.32. The first kappa shape index (κ1) is 17.4. The minimum absolute atomic E-state index is 0.0320. The molecule has 2 heterocycles. The van der Waals surface area contributed by atoms with Crippen molar-refractivity contribution in [1.29, 1.82) is 0 Å². The van der Waals surface area contributed by atoms with Crippen LogP contribution in [0.15, 0.2) is 91.5 Å². The van der Waals surface area contributed by atoms with Crippen LogP contribution in [0.5, 0.6) is 0 Å². The second kappa shape index (κ2) is 7.06. The van der Waals surface area contributed by atoms with Crippen molar-refractivity contribution in [3.63, 3.8) is 0 Å². The Kier molecular flexibility index (Phi) is 4.24. The van der Waals surface area contributed by atoms with Crippen molar-refractivity contribution in [2.75, 3.05) is 6.54 Å². The molecule has 0 bridgehead atoms. The van der Waals surface area contributed by atoms with Gasteiger partial charge in [0.25, 0.3) is 5.91 Å². The molecule has 0 aliphatic carbocycles. The molecular weight excluding hydrogens is 358 g/mol. The number of hydrogen-bond donors (Lipinski definition) is 0. The summed E-state index contributed by atoms with van der Waals surface area (Å²) in [6.45, 7) is 5.20. The van der Waals surface area contributed by atoms with E-state index in [4.69, 9.17) is 4.98 Å². The van der Waals surface area contributed by atoms with Crippen LogP contribution in [-0.4, -0.2) is 26.9 Å². The van der Waals surface area contributed by atoms with Gasteiger partial charge in [-0.15, -0.1) is 6.58 Å². The molecule has 1 aromatic heterocycles. The second-order valence-corrected chi connectivity index (χ2v) is 7.32. The van der Waals surface area contributed by atoms with Crippen LogP contribution in [0, 0.1) is 0 Å². The Bertz CT molecular complexity index is 1190. The molecule has 1 amide bonds. The number of amides is 1. The van der Waals surface area contributed by atoms with Crippen molar-refractivity contribution in [3.05, 3.63) is 103 Å². The van der Waals surface area contributed by atoms with Crippen molar-refractivity contribution in [1.82, 2.24) is 14.5 Å². The van der Waals surface area contributed by atoms with Crippen LogP contribution in [0.3, 0.4) is 0 Å². The average Bonchev–Trinajstić information content (AvgIpc) is 3.12. The maximum absolute atomic E-state index is 13.5. The van der Waals surface area contributed by atoms with Gasteiger partial charge in [-0.05, 0) is 17.7 Å². The van der Waals surface area contributed by atoms with Crippen molar-refractivity contribution >= 4 is 16.9 Å². The van der Waals surface area contributed by atoms with Gasteiger partial charge in [0.15, 0.2) is 0 Å². The van der Waals surface area contributed by atoms with E-state index in [0.29, 0.717) is 18.7 Å². The zero-order valence-corrected chi connectivity index (χ0v) is 16.0. The summed E-state index contributed by atoms with van der Waals surface area (Å²) in [5, 5.41) is 0. The Morgan fingerprint density at radius 2 is 1.69 bits per heavy atom. The molecule has 5 rings (SSSR count).